The van der Waals surface area contributed by atoms with Gasteiger partial charge in [-0.2, -0.15) is 0 Å². The third-order valence-electron chi connectivity index (χ3n) is 4.20. The lowest BCUT2D eigenvalue weighted by atomic mass is 9.79. The third-order valence-corrected chi connectivity index (χ3v) is 4.20. The largest absolute Gasteiger partial charge is 0.383 e. The van der Waals surface area contributed by atoms with Gasteiger partial charge in [0.05, 0.1) is 6.61 Å². The maximum atomic E-state index is 5.29. The van der Waals surface area contributed by atoms with Crippen molar-refractivity contribution < 1.29 is 4.74 Å². The molecule has 1 aliphatic rings. The zero-order chi connectivity index (χ0) is 12.1. The fraction of sp³-hybridized carbons (Fsp3) is 1.00. The van der Waals surface area contributed by atoms with Crippen molar-refractivity contribution in [3.8, 4) is 0 Å². The summed E-state index contributed by atoms with van der Waals surface area (Å²) in [5.41, 5.74) is 0. The lowest BCUT2D eigenvalue weighted by Gasteiger charge is -2.36. The van der Waals surface area contributed by atoms with Crippen LogP contribution < -0.4 is 5.32 Å². The smallest absolute Gasteiger partial charge is 0.0618 e. The van der Waals surface area contributed by atoms with E-state index in [4.69, 9.17) is 4.74 Å². The van der Waals surface area contributed by atoms with Gasteiger partial charge in [0.1, 0.15) is 0 Å². The van der Waals surface area contributed by atoms with Crippen molar-refractivity contribution in [1.29, 1.82) is 0 Å². The molecule has 4 unspecified atom stereocenters. The molecule has 2 heteroatoms. The van der Waals surface area contributed by atoms with Gasteiger partial charge >= 0.3 is 0 Å². The SMILES string of the molecule is COCC(NC1CCC(C)C(C)C1)C(C)C. The minimum absolute atomic E-state index is 0.510. The topological polar surface area (TPSA) is 21.3 Å². The molecule has 1 fully saturated rings. The van der Waals surface area contributed by atoms with Crippen molar-refractivity contribution in [1.82, 2.24) is 5.32 Å². The first kappa shape index (κ1) is 14.0. The van der Waals surface area contributed by atoms with Crippen molar-refractivity contribution in [2.24, 2.45) is 17.8 Å². The Balaban J connectivity index is 2.40. The molecule has 0 heterocycles. The molecule has 1 aliphatic carbocycles. The Labute approximate surface area is 101 Å². The van der Waals surface area contributed by atoms with Crippen LogP contribution in [0.3, 0.4) is 0 Å². The summed E-state index contributed by atoms with van der Waals surface area (Å²) in [6, 6.07) is 1.21. The van der Waals surface area contributed by atoms with E-state index in [-0.39, 0.29) is 0 Å². The van der Waals surface area contributed by atoms with Gasteiger partial charge < -0.3 is 10.1 Å². The summed E-state index contributed by atoms with van der Waals surface area (Å²) >= 11 is 0. The highest BCUT2D eigenvalue weighted by molar-refractivity contribution is 4.83. The van der Waals surface area contributed by atoms with Gasteiger partial charge in [0.2, 0.25) is 0 Å². The quantitative estimate of drug-likeness (QED) is 0.779. The van der Waals surface area contributed by atoms with Crippen LogP contribution in [0.1, 0.15) is 47.0 Å². The Bertz CT molecular complexity index is 193. The molecule has 0 radical (unpaired) electrons. The second-order valence-corrected chi connectivity index (χ2v) is 5.94. The summed E-state index contributed by atoms with van der Waals surface area (Å²) in [4.78, 5) is 0. The average molecular weight is 227 g/mol. The minimum Gasteiger partial charge on any atom is -0.383 e. The van der Waals surface area contributed by atoms with E-state index in [0.29, 0.717) is 18.0 Å². The fourth-order valence-corrected chi connectivity index (χ4v) is 2.61. The molecule has 0 bridgehead atoms. The molecule has 0 aromatic rings. The zero-order valence-electron chi connectivity index (χ0n) is 11.6. The number of rotatable bonds is 5. The minimum atomic E-state index is 0.510. The van der Waals surface area contributed by atoms with E-state index in [9.17, 15) is 0 Å². The molecule has 0 aliphatic heterocycles. The molecule has 0 saturated heterocycles. The molecule has 0 spiro atoms. The number of hydrogen-bond donors (Lipinski definition) is 1. The molecular weight excluding hydrogens is 198 g/mol. The van der Waals surface area contributed by atoms with Crippen LogP contribution in [-0.4, -0.2) is 25.8 Å². The van der Waals surface area contributed by atoms with Crippen molar-refractivity contribution >= 4 is 0 Å². The summed E-state index contributed by atoms with van der Waals surface area (Å²) in [5, 5.41) is 3.78. The molecule has 2 nitrogen and oxygen atoms in total. The Kier molecular flexibility index (Phi) is 5.77. The van der Waals surface area contributed by atoms with Crippen LogP contribution in [-0.2, 0) is 4.74 Å². The normalized spacial score (nSPS) is 33.0. The first-order valence-corrected chi connectivity index (χ1v) is 6.79. The summed E-state index contributed by atoms with van der Waals surface area (Å²) < 4.78 is 5.29. The summed E-state index contributed by atoms with van der Waals surface area (Å²) in [5.74, 6) is 2.41. The van der Waals surface area contributed by atoms with Gasteiger partial charge in [-0.1, -0.05) is 27.7 Å². The molecule has 1 rings (SSSR count). The standard InChI is InChI=1S/C14H29NO/c1-10(2)14(9-16-5)15-13-7-6-11(3)12(4)8-13/h10-15H,6-9H2,1-5H3. The molecule has 4 atom stereocenters. The zero-order valence-corrected chi connectivity index (χ0v) is 11.6. The van der Waals surface area contributed by atoms with Crippen LogP contribution in [0, 0.1) is 17.8 Å². The number of hydrogen-bond acceptors (Lipinski definition) is 2. The molecule has 0 aromatic heterocycles. The van der Waals surface area contributed by atoms with Crippen LogP contribution in [0.4, 0.5) is 0 Å². The van der Waals surface area contributed by atoms with Crippen LogP contribution >= 0.6 is 0 Å². The highest BCUT2D eigenvalue weighted by atomic mass is 16.5. The average Bonchev–Trinajstić information content (AvgIpc) is 2.22. The van der Waals surface area contributed by atoms with Gasteiger partial charge in [0.25, 0.3) is 0 Å². The second-order valence-electron chi connectivity index (χ2n) is 5.94. The van der Waals surface area contributed by atoms with E-state index >= 15 is 0 Å². The van der Waals surface area contributed by atoms with Crippen LogP contribution in [0.15, 0.2) is 0 Å². The third kappa shape index (κ3) is 4.06. The summed E-state index contributed by atoms with van der Waals surface area (Å²) in [6.07, 6.45) is 4.03. The molecule has 16 heavy (non-hydrogen) atoms. The van der Waals surface area contributed by atoms with Gasteiger partial charge in [0.15, 0.2) is 0 Å². The Morgan fingerprint density at radius 2 is 1.88 bits per heavy atom. The van der Waals surface area contributed by atoms with E-state index < -0.39 is 0 Å². The number of nitrogens with one attached hydrogen (secondary N) is 1. The Hall–Kier alpha value is -0.0800. The van der Waals surface area contributed by atoms with Gasteiger partial charge in [-0.25, -0.2) is 0 Å². The van der Waals surface area contributed by atoms with Crippen LogP contribution in [0.2, 0.25) is 0 Å². The lowest BCUT2D eigenvalue weighted by Crippen LogP contribution is -2.46. The predicted molar refractivity (Wildman–Crippen MR) is 69.6 cm³/mol. The summed E-state index contributed by atoms with van der Waals surface area (Å²) in [7, 11) is 1.79. The lowest BCUT2D eigenvalue weighted by molar-refractivity contribution is 0.125. The van der Waals surface area contributed by atoms with Gasteiger partial charge in [0, 0.05) is 19.2 Å². The van der Waals surface area contributed by atoms with Crippen LogP contribution in [0.5, 0.6) is 0 Å². The van der Waals surface area contributed by atoms with E-state index in [1.54, 1.807) is 7.11 Å². The van der Waals surface area contributed by atoms with Crippen molar-refractivity contribution in [2.75, 3.05) is 13.7 Å². The van der Waals surface area contributed by atoms with E-state index in [1.807, 2.05) is 0 Å². The Morgan fingerprint density at radius 1 is 1.19 bits per heavy atom. The molecular formula is C14H29NO. The molecule has 1 saturated carbocycles. The summed E-state index contributed by atoms with van der Waals surface area (Å²) in [6.45, 7) is 10.1. The number of methoxy groups -OCH3 is 1. The van der Waals surface area contributed by atoms with Crippen molar-refractivity contribution in [3.63, 3.8) is 0 Å². The monoisotopic (exact) mass is 227 g/mol. The highest BCUT2D eigenvalue weighted by Crippen LogP contribution is 2.29. The van der Waals surface area contributed by atoms with E-state index in [2.05, 4.69) is 33.0 Å². The predicted octanol–water partition coefficient (Wildman–Crippen LogP) is 3.07. The Morgan fingerprint density at radius 3 is 2.38 bits per heavy atom. The van der Waals surface area contributed by atoms with Gasteiger partial charge in [-0.3, -0.25) is 0 Å². The molecule has 96 valence electrons. The van der Waals surface area contributed by atoms with E-state index in [0.717, 1.165) is 18.4 Å². The highest BCUT2D eigenvalue weighted by Gasteiger charge is 2.26. The van der Waals surface area contributed by atoms with Gasteiger partial charge in [-0.05, 0) is 37.0 Å². The van der Waals surface area contributed by atoms with Crippen LogP contribution in [0.25, 0.3) is 0 Å². The van der Waals surface area contributed by atoms with Crippen molar-refractivity contribution in [3.05, 3.63) is 0 Å². The van der Waals surface area contributed by atoms with Gasteiger partial charge in [-0.15, -0.1) is 0 Å². The van der Waals surface area contributed by atoms with E-state index in [1.165, 1.54) is 19.3 Å². The maximum absolute atomic E-state index is 5.29. The molecule has 0 aromatic carbocycles. The maximum Gasteiger partial charge on any atom is 0.0618 e. The number of ether oxygens (including phenoxy) is 1. The fourth-order valence-electron chi connectivity index (χ4n) is 2.61. The van der Waals surface area contributed by atoms with Crippen molar-refractivity contribution in [2.45, 2.75) is 59.0 Å². The first-order valence-electron chi connectivity index (χ1n) is 6.79. The first-order chi connectivity index (χ1) is 7.54. The second kappa shape index (κ2) is 6.61. The molecule has 0 amide bonds. The molecule has 1 N–H and O–H groups in total.